The van der Waals surface area contributed by atoms with Crippen molar-refractivity contribution in [2.45, 2.75) is 50.8 Å². The van der Waals surface area contributed by atoms with Crippen molar-refractivity contribution in [3.63, 3.8) is 0 Å². The second-order valence-electron chi connectivity index (χ2n) is 9.26. The Hall–Kier alpha value is -3.36. The van der Waals surface area contributed by atoms with E-state index in [1.165, 1.54) is 24.9 Å². The van der Waals surface area contributed by atoms with E-state index in [-0.39, 0.29) is 17.9 Å². The fraction of sp³-hybridized carbons (Fsp3) is 0.520. The molecule has 1 aromatic rings. The van der Waals surface area contributed by atoms with Gasteiger partial charge in [0.05, 0.1) is 26.0 Å². The maximum Gasteiger partial charge on any atom is 0.328 e. The van der Waals surface area contributed by atoms with Gasteiger partial charge in [0.1, 0.15) is 11.8 Å². The molecule has 9 nitrogen and oxygen atoms in total. The number of hydrogen-bond donors (Lipinski definition) is 0. The van der Waals surface area contributed by atoms with Crippen molar-refractivity contribution in [2.24, 2.45) is 5.92 Å². The first-order chi connectivity index (χ1) is 16.4. The Kier molecular flexibility index (Phi) is 6.02. The van der Waals surface area contributed by atoms with E-state index in [4.69, 9.17) is 14.2 Å². The molecule has 3 fully saturated rings. The van der Waals surface area contributed by atoms with Crippen LogP contribution >= 0.6 is 0 Å². The largest absolute Gasteiger partial charge is 0.479 e. The molecule has 0 spiro atoms. The Morgan fingerprint density at radius 2 is 2.06 bits per heavy atom. The van der Waals surface area contributed by atoms with Crippen molar-refractivity contribution in [1.29, 1.82) is 0 Å². The van der Waals surface area contributed by atoms with E-state index < -0.39 is 18.1 Å². The zero-order valence-corrected chi connectivity index (χ0v) is 19.4. The Morgan fingerprint density at radius 1 is 1.24 bits per heavy atom. The number of carbonyl (C=O) groups excluding carboxylic acids is 3. The normalized spacial score (nSPS) is 25.0. The maximum atomic E-state index is 13.1. The molecule has 180 valence electrons. The van der Waals surface area contributed by atoms with Crippen LogP contribution in [0.15, 0.2) is 41.6 Å². The Balaban J connectivity index is 1.20. The average Bonchev–Trinajstić information content (AvgIpc) is 3.55. The third kappa shape index (κ3) is 4.38. The van der Waals surface area contributed by atoms with Crippen LogP contribution in [-0.4, -0.2) is 77.6 Å². The number of aromatic nitrogens is 1. The number of esters is 1. The van der Waals surface area contributed by atoms with E-state index in [2.05, 4.69) is 4.98 Å². The minimum atomic E-state index is -0.659. The molecule has 2 amide bonds. The van der Waals surface area contributed by atoms with Crippen LogP contribution in [0.4, 0.5) is 0 Å². The van der Waals surface area contributed by atoms with Gasteiger partial charge >= 0.3 is 5.97 Å². The molecule has 3 atom stereocenters. The molecule has 2 aliphatic heterocycles. The van der Waals surface area contributed by atoms with Gasteiger partial charge in [-0.25, -0.2) is 9.78 Å². The van der Waals surface area contributed by atoms with Crippen LogP contribution in [0.5, 0.6) is 11.6 Å². The molecule has 1 saturated carbocycles. The Morgan fingerprint density at radius 3 is 2.76 bits per heavy atom. The molecule has 2 unspecified atom stereocenters. The van der Waals surface area contributed by atoms with E-state index in [9.17, 15) is 14.4 Å². The summed E-state index contributed by atoms with van der Waals surface area (Å²) < 4.78 is 16.4. The smallest absolute Gasteiger partial charge is 0.328 e. The van der Waals surface area contributed by atoms with Crippen molar-refractivity contribution in [3.05, 3.63) is 41.6 Å². The molecule has 2 saturated heterocycles. The quantitative estimate of drug-likeness (QED) is 0.539. The standard InChI is InChI=1S/C25H29N3O6/c1-15(25(31)32-2)28-13-17-5-6-18(11-20(17)23(28)29)27-10-9-21(24(27)30)34-19-7-8-22(26-12-19)33-14-16-3-4-16/h5,7-8,11-12,15-16,18,21H,3-4,6,9-10,13-14H2,1-2H3/t15?,18?,21-/m1/s1. The van der Waals surface area contributed by atoms with Gasteiger partial charge in [0.15, 0.2) is 6.10 Å². The van der Waals surface area contributed by atoms with E-state index >= 15 is 0 Å². The number of carbonyl (C=O) groups is 3. The fourth-order valence-corrected chi connectivity index (χ4v) is 4.62. The monoisotopic (exact) mass is 467 g/mol. The lowest BCUT2D eigenvalue weighted by Gasteiger charge is -2.27. The van der Waals surface area contributed by atoms with Crippen molar-refractivity contribution in [1.82, 2.24) is 14.8 Å². The molecule has 2 aliphatic carbocycles. The van der Waals surface area contributed by atoms with E-state index in [1.54, 1.807) is 30.2 Å². The summed E-state index contributed by atoms with van der Waals surface area (Å²) in [6, 6.07) is 2.67. The summed E-state index contributed by atoms with van der Waals surface area (Å²) in [5.41, 5.74) is 1.46. The molecule has 5 rings (SSSR count). The lowest BCUT2D eigenvalue weighted by molar-refractivity contribution is -0.149. The lowest BCUT2D eigenvalue weighted by Crippen LogP contribution is -2.41. The first kappa shape index (κ1) is 22.4. The zero-order chi connectivity index (χ0) is 23.8. The maximum absolute atomic E-state index is 13.1. The average molecular weight is 468 g/mol. The molecule has 0 aromatic carbocycles. The molecular formula is C25H29N3O6. The Bertz CT molecular complexity index is 1050. The van der Waals surface area contributed by atoms with Gasteiger partial charge in [-0.15, -0.1) is 0 Å². The number of fused-ring (bicyclic) bond motifs is 1. The van der Waals surface area contributed by atoms with Crippen molar-refractivity contribution >= 4 is 17.8 Å². The highest BCUT2D eigenvalue weighted by Gasteiger charge is 2.42. The number of pyridine rings is 1. The van der Waals surface area contributed by atoms with Crippen molar-refractivity contribution in [2.75, 3.05) is 26.8 Å². The first-order valence-corrected chi connectivity index (χ1v) is 11.8. The Labute approximate surface area is 198 Å². The molecular weight excluding hydrogens is 438 g/mol. The highest BCUT2D eigenvalue weighted by Crippen LogP contribution is 2.33. The number of ether oxygens (including phenoxy) is 3. The molecule has 0 N–H and O–H groups in total. The number of rotatable bonds is 8. The highest BCUT2D eigenvalue weighted by molar-refractivity contribution is 6.03. The summed E-state index contributed by atoms with van der Waals surface area (Å²) in [5, 5.41) is 0. The summed E-state index contributed by atoms with van der Waals surface area (Å²) in [6.07, 6.45) is 8.48. The molecule has 0 bridgehead atoms. The van der Waals surface area contributed by atoms with Crippen molar-refractivity contribution < 1.29 is 28.6 Å². The number of amides is 2. The van der Waals surface area contributed by atoms with Crippen LogP contribution in [0, 0.1) is 5.92 Å². The van der Waals surface area contributed by atoms with E-state index in [1.807, 2.05) is 12.2 Å². The van der Waals surface area contributed by atoms with Gasteiger partial charge in [0, 0.05) is 31.1 Å². The van der Waals surface area contributed by atoms with Gasteiger partial charge < -0.3 is 24.0 Å². The van der Waals surface area contributed by atoms with Gasteiger partial charge in [0.25, 0.3) is 11.8 Å². The van der Waals surface area contributed by atoms with Crippen LogP contribution in [0.1, 0.15) is 32.6 Å². The first-order valence-electron chi connectivity index (χ1n) is 11.8. The molecule has 3 heterocycles. The number of hydrogen-bond acceptors (Lipinski definition) is 7. The second kappa shape index (κ2) is 9.12. The van der Waals surface area contributed by atoms with E-state index in [0.29, 0.717) is 55.7 Å². The van der Waals surface area contributed by atoms with Gasteiger partial charge in [-0.05, 0) is 49.8 Å². The summed E-state index contributed by atoms with van der Waals surface area (Å²) in [6.45, 7) is 3.28. The molecule has 4 aliphatic rings. The summed E-state index contributed by atoms with van der Waals surface area (Å²) in [7, 11) is 1.31. The van der Waals surface area contributed by atoms with Gasteiger partial charge in [0.2, 0.25) is 5.88 Å². The zero-order valence-electron chi connectivity index (χ0n) is 19.4. The van der Waals surface area contributed by atoms with Crippen LogP contribution in [0.2, 0.25) is 0 Å². The predicted octanol–water partition coefficient (Wildman–Crippen LogP) is 1.88. The van der Waals surface area contributed by atoms with Crippen LogP contribution < -0.4 is 9.47 Å². The topological polar surface area (TPSA) is 98.3 Å². The third-order valence-corrected chi connectivity index (χ3v) is 6.89. The number of methoxy groups -OCH3 is 1. The molecule has 9 heteroatoms. The minimum Gasteiger partial charge on any atom is -0.479 e. The number of nitrogens with zero attached hydrogens (tertiary/aromatic N) is 3. The minimum absolute atomic E-state index is 0.0991. The van der Waals surface area contributed by atoms with Crippen molar-refractivity contribution in [3.8, 4) is 11.6 Å². The van der Waals surface area contributed by atoms with Crippen LogP contribution in [0.25, 0.3) is 0 Å². The van der Waals surface area contributed by atoms with Crippen LogP contribution in [-0.2, 0) is 19.1 Å². The third-order valence-electron chi connectivity index (χ3n) is 6.89. The summed E-state index contributed by atoms with van der Waals surface area (Å²) >= 11 is 0. The lowest BCUT2D eigenvalue weighted by atomic mass is 9.96. The van der Waals surface area contributed by atoms with Gasteiger partial charge in [-0.3, -0.25) is 9.59 Å². The molecule has 0 radical (unpaired) electrons. The van der Waals surface area contributed by atoms with Gasteiger partial charge in [-0.2, -0.15) is 0 Å². The predicted molar refractivity (Wildman–Crippen MR) is 121 cm³/mol. The second-order valence-corrected chi connectivity index (χ2v) is 9.26. The van der Waals surface area contributed by atoms with Crippen LogP contribution in [0.3, 0.4) is 0 Å². The highest BCUT2D eigenvalue weighted by atomic mass is 16.5. The van der Waals surface area contributed by atoms with E-state index in [0.717, 1.165) is 5.57 Å². The summed E-state index contributed by atoms with van der Waals surface area (Å²) in [5.74, 6) is 0.991. The summed E-state index contributed by atoms with van der Waals surface area (Å²) in [4.78, 5) is 45.5. The fourth-order valence-electron chi connectivity index (χ4n) is 4.62. The molecule has 1 aromatic heterocycles. The SMILES string of the molecule is COC(=O)C(C)N1CC2=CCC(N3CC[C@@H](Oc4ccc(OCC5CC5)nc4)C3=O)C=C2C1=O. The van der Waals surface area contributed by atoms with Gasteiger partial charge in [-0.1, -0.05) is 6.08 Å². The molecule has 34 heavy (non-hydrogen) atoms. The number of likely N-dealkylation sites (tertiary alicyclic amines) is 2.